The van der Waals surface area contributed by atoms with Gasteiger partial charge in [0, 0.05) is 12.0 Å². The lowest BCUT2D eigenvalue weighted by Crippen LogP contribution is -2.40. The van der Waals surface area contributed by atoms with Crippen molar-refractivity contribution < 1.29 is 9.53 Å². The Morgan fingerprint density at radius 2 is 2.05 bits per heavy atom. The monoisotopic (exact) mass is 266 g/mol. The van der Waals surface area contributed by atoms with Gasteiger partial charge in [0.25, 0.3) is 0 Å². The minimum absolute atomic E-state index is 0.203. The number of alkyl carbamates (subject to hydrolysis) is 1. The number of carbonyl (C=O) groups excluding carboxylic acids is 1. The number of nitrogens with zero attached hydrogens (tertiary/aromatic N) is 2. The Bertz CT molecular complexity index is 403. The van der Waals surface area contributed by atoms with Crippen LogP contribution < -0.4 is 5.32 Å². The zero-order valence-electron chi connectivity index (χ0n) is 11.8. The number of hydrogen-bond donors (Lipinski definition) is 2. The molecule has 0 atom stereocenters. The third kappa shape index (κ3) is 4.22. The molecule has 2 N–H and O–H groups in total. The molecule has 0 saturated heterocycles. The van der Waals surface area contributed by atoms with Crippen molar-refractivity contribution >= 4 is 6.09 Å². The van der Waals surface area contributed by atoms with Crippen molar-refractivity contribution in [1.29, 1.82) is 0 Å². The lowest BCUT2D eigenvalue weighted by atomic mass is 9.85. The van der Waals surface area contributed by atoms with Crippen LogP contribution in [0, 0.1) is 0 Å². The number of rotatable bonds is 2. The molecule has 1 heterocycles. The zero-order valence-corrected chi connectivity index (χ0v) is 11.8. The van der Waals surface area contributed by atoms with Crippen molar-refractivity contribution in [2.45, 2.75) is 64.0 Å². The second kappa shape index (κ2) is 5.59. The lowest BCUT2D eigenvalue weighted by Gasteiger charge is -2.29. The zero-order chi connectivity index (χ0) is 13.9. The molecule has 1 fully saturated rings. The van der Waals surface area contributed by atoms with E-state index >= 15 is 0 Å². The quantitative estimate of drug-likeness (QED) is 0.861. The minimum Gasteiger partial charge on any atom is -0.444 e. The summed E-state index contributed by atoms with van der Waals surface area (Å²) in [4.78, 5) is 14.7. The summed E-state index contributed by atoms with van der Waals surface area (Å²) in [5.74, 6) is 1.38. The molecular formula is C13H22N4O2. The molecule has 6 nitrogen and oxygen atoms in total. The maximum Gasteiger partial charge on any atom is 0.407 e. The molecule has 0 bridgehead atoms. The van der Waals surface area contributed by atoms with Gasteiger partial charge in [-0.15, -0.1) is 10.2 Å². The number of H-pyrrole nitrogens is 1. The summed E-state index contributed by atoms with van der Waals surface area (Å²) in [6.45, 7) is 5.61. The maximum atomic E-state index is 11.7. The Kier molecular flexibility index (Phi) is 4.07. The van der Waals surface area contributed by atoms with E-state index in [0.717, 1.165) is 31.5 Å². The van der Waals surface area contributed by atoms with Crippen LogP contribution in [0.25, 0.3) is 0 Å². The van der Waals surface area contributed by atoms with Crippen LogP contribution in [-0.2, 0) is 4.74 Å². The van der Waals surface area contributed by atoms with Crippen molar-refractivity contribution in [2.75, 3.05) is 0 Å². The molecule has 2 rings (SSSR count). The molecule has 1 aromatic heterocycles. The molecule has 0 aromatic carbocycles. The van der Waals surface area contributed by atoms with Crippen LogP contribution in [-0.4, -0.2) is 32.9 Å². The Morgan fingerprint density at radius 1 is 1.37 bits per heavy atom. The largest absolute Gasteiger partial charge is 0.444 e. The molecular weight excluding hydrogens is 244 g/mol. The van der Waals surface area contributed by atoms with Gasteiger partial charge >= 0.3 is 6.09 Å². The highest BCUT2D eigenvalue weighted by Gasteiger charge is 2.26. The van der Waals surface area contributed by atoms with Crippen molar-refractivity contribution in [3.05, 3.63) is 12.2 Å². The number of hydrogen-bond acceptors (Lipinski definition) is 4. The second-order valence-corrected chi connectivity index (χ2v) is 6.07. The Hall–Kier alpha value is -1.59. The molecule has 19 heavy (non-hydrogen) atoms. The van der Waals surface area contributed by atoms with Gasteiger partial charge < -0.3 is 15.0 Å². The molecule has 1 aromatic rings. The summed E-state index contributed by atoms with van der Waals surface area (Å²) in [6, 6.07) is 0.203. The van der Waals surface area contributed by atoms with Crippen LogP contribution in [0.1, 0.15) is 58.2 Å². The second-order valence-electron chi connectivity index (χ2n) is 6.07. The highest BCUT2D eigenvalue weighted by molar-refractivity contribution is 5.68. The molecule has 1 aliphatic rings. The summed E-state index contributed by atoms with van der Waals surface area (Å²) < 4.78 is 5.26. The van der Waals surface area contributed by atoms with Crippen molar-refractivity contribution in [2.24, 2.45) is 0 Å². The van der Waals surface area contributed by atoms with E-state index in [9.17, 15) is 4.79 Å². The van der Waals surface area contributed by atoms with E-state index in [-0.39, 0.29) is 12.1 Å². The fraction of sp³-hybridized carbons (Fsp3) is 0.769. The fourth-order valence-electron chi connectivity index (χ4n) is 2.40. The van der Waals surface area contributed by atoms with Gasteiger partial charge in [-0.05, 0) is 46.5 Å². The predicted octanol–water partition coefficient (Wildman–Crippen LogP) is 2.36. The van der Waals surface area contributed by atoms with Gasteiger partial charge in [-0.3, -0.25) is 0 Å². The molecule has 6 heteroatoms. The van der Waals surface area contributed by atoms with Gasteiger partial charge in [-0.25, -0.2) is 4.79 Å². The number of carbonyl (C=O) groups is 1. The maximum absolute atomic E-state index is 11.7. The van der Waals surface area contributed by atoms with Crippen molar-refractivity contribution in [3.8, 4) is 0 Å². The van der Waals surface area contributed by atoms with Gasteiger partial charge in [-0.1, -0.05) is 0 Å². The first-order chi connectivity index (χ1) is 8.94. The summed E-state index contributed by atoms with van der Waals surface area (Å²) in [5.41, 5.74) is -0.443. The number of aromatic amines is 1. The number of aromatic nitrogens is 3. The van der Waals surface area contributed by atoms with Gasteiger partial charge in [0.15, 0.2) is 0 Å². The van der Waals surface area contributed by atoms with Crippen LogP contribution in [0.3, 0.4) is 0 Å². The van der Waals surface area contributed by atoms with Gasteiger partial charge in [0.05, 0.1) is 0 Å². The van der Waals surface area contributed by atoms with Gasteiger partial charge in [-0.2, -0.15) is 0 Å². The summed E-state index contributed by atoms with van der Waals surface area (Å²) in [6.07, 6.45) is 5.21. The van der Waals surface area contributed by atoms with Crippen LogP contribution in [0.4, 0.5) is 4.79 Å². The minimum atomic E-state index is -0.443. The topological polar surface area (TPSA) is 79.9 Å². The highest BCUT2D eigenvalue weighted by atomic mass is 16.6. The summed E-state index contributed by atoms with van der Waals surface area (Å²) in [5, 5.41) is 10.8. The Balaban J connectivity index is 1.76. The molecule has 0 spiro atoms. The molecule has 0 aliphatic heterocycles. The normalized spacial score (nSPS) is 23.9. The van der Waals surface area contributed by atoms with E-state index in [0.29, 0.717) is 5.92 Å². The van der Waals surface area contributed by atoms with E-state index in [1.807, 2.05) is 20.8 Å². The van der Waals surface area contributed by atoms with E-state index in [2.05, 4.69) is 20.5 Å². The van der Waals surface area contributed by atoms with Gasteiger partial charge in [0.1, 0.15) is 17.8 Å². The van der Waals surface area contributed by atoms with Crippen LogP contribution in [0.5, 0.6) is 0 Å². The van der Waals surface area contributed by atoms with Crippen LogP contribution in [0.15, 0.2) is 6.33 Å². The van der Waals surface area contributed by atoms with E-state index in [1.54, 1.807) is 6.33 Å². The van der Waals surface area contributed by atoms with Crippen molar-refractivity contribution in [3.63, 3.8) is 0 Å². The molecule has 0 radical (unpaired) electrons. The molecule has 106 valence electrons. The Morgan fingerprint density at radius 3 is 2.58 bits per heavy atom. The average molecular weight is 266 g/mol. The lowest BCUT2D eigenvalue weighted by molar-refractivity contribution is 0.0491. The first-order valence-corrected chi connectivity index (χ1v) is 6.79. The molecule has 1 amide bonds. The predicted molar refractivity (Wildman–Crippen MR) is 70.7 cm³/mol. The SMILES string of the molecule is CC(C)(C)OC(=O)NC1CCC(c2nnc[nH]2)CC1. The Labute approximate surface area is 113 Å². The van der Waals surface area contributed by atoms with E-state index < -0.39 is 5.60 Å². The third-order valence-electron chi connectivity index (χ3n) is 3.27. The standard InChI is InChI=1S/C13H22N4O2/c1-13(2,3)19-12(18)16-10-6-4-9(5-7-10)11-14-8-15-17-11/h8-10H,4-7H2,1-3H3,(H,16,18)(H,14,15,17). The highest BCUT2D eigenvalue weighted by Crippen LogP contribution is 2.30. The number of nitrogens with one attached hydrogen (secondary N) is 2. The van der Waals surface area contributed by atoms with E-state index in [4.69, 9.17) is 4.74 Å². The van der Waals surface area contributed by atoms with E-state index in [1.165, 1.54) is 0 Å². The number of ether oxygens (including phenoxy) is 1. The first kappa shape index (κ1) is 13.8. The first-order valence-electron chi connectivity index (χ1n) is 6.79. The molecule has 0 unspecified atom stereocenters. The van der Waals surface area contributed by atoms with Crippen LogP contribution in [0.2, 0.25) is 0 Å². The summed E-state index contributed by atoms with van der Waals surface area (Å²) in [7, 11) is 0. The third-order valence-corrected chi connectivity index (χ3v) is 3.27. The fourth-order valence-corrected chi connectivity index (χ4v) is 2.40. The molecule has 1 saturated carbocycles. The van der Waals surface area contributed by atoms with Crippen molar-refractivity contribution in [1.82, 2.24) is 20.5 Å². The average Bonchev–Trinajstić information content (AvgIpc) is 2.80. The summed E-state index contributed by atoms with van der Waals surface area (Å²) >= 11 is 0. The molecule has 1 aliphatic carbocycles. The smallest absolute Gasteiger partial charge is 0.407 e. The van der Waals surface area contributed by atoms with Crippen LogP contribution >= 0.6 is 0 Å². The number of amides is 1. The van der Waals surface area contributed by atoms with Gasteiger partial charge in [0.2, 0.25) is 0 Å².